The van der Waals surface area contributed by atoms with Crippen LogP contribution >= 0.6 is 11.6 Å². The van der Waals surface area contributed by atoms with Gasteiger partial charge in [0.1, 0.15) is 5.75 Å². The van der Waals surface area contributed by atoms with Gasteiger partial charge >= 0.3 is 5.69 Å². The van der Waals surface area contributed by atoms with Crippen LogP contribution in [0.4, 0.5) is 5.69 Å². The highest BCUT2D eigenvalue weighted by atomic mass is 35.5. The van der Waals surface area contributed by atoms with Gasteiger partial charge in [-0.05, 0) is 29.8 Å². The number of para-hydroxylation sites is 2. The molecule has 2 rings (SSSR count). The molecule has 0 saturated heterocycles. The Hall–Kier alpha value is -3.66. The minimum atomic E-state index is -0.632. The number of nitro groups is 1. The lowest BCUT2D eigenvalue weighted by Crippen LogP contribution is -2.24. The number of hydrazone groups is 1. The third-order valence-electron chi connectivity index (χ3n) is 3.15. The number of rotatable bonds is 9. The molecule has 2 amide bonds. The summed E-state index contributed by atoms with van der Waals surface area (Å²) in [5.74, 6) is -0.987. The summed E-state index contributed by atoms with van der Waals surface area (Å²) >= 11 is 6.01. The average molecular weight is 407 g/mol. The van der Waals surface area contributed by atoms with Crippen molar-refractivity contribution < 1.29 is 24.0 Å². The number of amides is 2. The molecule has 11 heteroatoms. The Labute approximate surface area is 164 Å². The third kappa shape index (κ3) is 6.25. The lowest BCUT2D eigenvalue weighted by Gasteiger charge is -2.06. The molecule has 3 N–H and O–H groups in total. The summed E-state index contributed by atoms with van der Waals surface area (Å²) in [7, 11) is 0. The van der Waals surface area contributed by atoms with Gasteiger partial charge in [0.15, 0.2) is 19.0 Å². The largest absolute Gasteiger partial charge is 0.482 e. The quantitative estimate of drug-likeness (QED) is 0.367. The van der Waals surface area contributed by atoms with Gasteiger partial charge in [-0.25, -0.2) is 5.43 Å². The summed E-state index contributed by atoms with van der Waals surface area (Å²) < 4.78 is 10.3. The SMILES string of the molecule is NC(=O)COc1ccc(C=NNC(=O)COc2ccccc2[N+](=O)[O-])cc1Cl. The van der Waals surface area contributed by atoms with Crippen molar-refractivity contribution in [3.8, 4) is 11.5 Å². The topological polar surface area (TPSA) is 146 Å². The zero-order chi connectivity index (χ0) is 20.5. The smallest absolute Gasteiger partial charge is 0.310 e. The molecule has 0 heterocycles. The van der Waals surface area contributed by atoms with E-state index < -0.39 is 23.3 Å². The van der Waals surface area contributed by atoms with Crippen molar-refractivity contribution in [3.63, 3.8) is 0 Å². The highest BCUT2D eigenvalue weighted by Crippen LogP contribution is 2.26. The van der Waals surface area contributed by atoms with Crippen molar-refractivity contribution in [2.45, 2.75) is 0 Å². The fraction of sp³-hybridized carbons (Fsp3) is 0.118. The molecule has 0 bridgehead atoms. The molecular formula is C17H15ClN4O6. The summed E-state index contributed by atoms with van der Waals surface area (Å²) in [4.78, 5) is 32.7. The van der Waals surface area contributed by atoms with Crippen LogP contribution in [-0.2, 0) is 9.59 Å². The number of hydrogen-bond acceptors (Lipinski definition) is 7. The second-order valence-corrected chi connectivity index (χ2v) is 5.66. The number of hydrogen-bond donors (Lipinski definition) is 2. The Kier molecular flexibility index (Phi) is 7.28. The lowest BCUT2D eigenvalue weighted by atomic mass is 10.2. The first-order valence-corrected chi connectivity index (χ1v) is 8.13. The Balaban J connectivity index is 1.87. The van der Waals surface area contributed by atoms with Crippen molar-refractivity contribution in [3.05, 3.63) is 63.2 Å². The van der Waals surface area contributed by atoms with Crippen molar-refractivity contribution in [2.75, 3.05) is 13.2 Å². The molecule has 146 valence electrons. The Bertz CT molecular complexity index is 918. The molecule has 0 aliphatic rings. The van der Waals surface area contributed by atoms with E-state index in [1.165, 1.54) is 36.5 Å². The molecule has 28 heavy (non-hydrogen) atoms. The second-order valence-electron chi connectivity index (χ2n) is 5.25. The number of primary amides is 1. The van der Waals surface area contributed by atoms with Crippen molar-refractivity contribution in [1.29, 1.82) is 0 Å². The molecule has 0 atom stereocenters. The maximum atomic E-state index is 11.7. The van der Waals surface area contributed by atoms with E-state index >= 15 is 0 Å². The lowest BCUT2D eigenvalue weighted by molar-refractivity contribution is -0.385. The first-order chi connectivity index (χ1) is 13.4. The number of nitrogens with one attached hydrogen (secondary N) is 1. The van der Waals surface area contributed by atoms with Crippen LogP contribution in [0.1, 0.15) is 5.56 Å². The molecule has 0 unspecified atom stereocenters. The van der Waals surface area contributed by atoms with Gasteiger partial charge in [-0.15, -0.1) is 0 Å². The highest BCUT2D eigenvalue weighted by Gasteiger charge is 2.14. The summed E-state index contributed by atoms with van der Waals surface area (Å²) in [5, 5.41) is 14.9. The zero-order valence-electron chi connectivity index (χ0n) is 14.3. The van der Waals surface area contributed by atoms with Crippen molar-refractivity contribution in [2.24, 2.45) is 10.8 Å². The number of benzene rings is 2. The predicted octanol–water partition coefficient (Wildman–Crippen LogP) is 1.64. The van der Waals surface area contributed by atoms with Crippen LogP contribution in [0.15, 0.2) is 47.6 Å². The number of halogens is 1. The van der Waals surface area contributed by atoms with Gasteiger partial charge < -0.3 is 15.2 Å². The molecule has 0 spiro atoms. The van der Waals surface area contributed by atoms with Gasteiger partial charge in [-0.3, -0.25) is 19.7 Å². The van der Waals surface area contributed by atoms with E-state index in [0.29, 0.717) is 5.56 Å². The van der Waals surface area contributed by atoms with Crippen LogP contribution < -0.4 is 20.6 Å². The van der Waals surface area contributed by atoms with E-state index in [0.717, 1.165) is 0 Å². The van der Waals surface area contributed by atoms with Gasteiger partial charge in [-0.2, -0.15) is 5.10 Å². The minimum Gasteiger partial charge on any atom is -0.482 e. The standard InChI is InChI=1S/C17H15ClN4O6/c18-12-7-11(5-6-14(12)27-9-16(19)23)8-20-21-17(24)10-28-15-4-2-1-3-13(15)22(25)26/h1-8H,9-10H2,(H2,19,23)(H,21,24). The molecule has 2 aromatic rings. The van der Waals surface area contributed by atoms with E-state index in [4.69, 9.17) is 26.8 Å². The van der Waals surface area contributed by atoms with Crippen LogP contribution in [0.25, 0.3) is 0 Å². The highest BCUT2D eigenvalue weighted by molar-refractivity contribution is 6.32. The molecule has 0 fully saturated rings. The molecule has 0 radical (unpaired) electrons. The first kappa shape index (κ1) is 20.6. The Morgan fingerprint density at radius 3 is 2.57 bits per heavy atom. The van der Waals surface area contributed by atoms with Crippen LogP contribution in [0.3, 0.4) is 0 Å². The molecule has 0 saturated carbocycles. The van der Waals surface area contributed by atoms with Crippen molar-refractivity contribution in [1.82, 2.24) is 5.43 Å². The van der Waals surface area contributed by atoms with Gasteiger partial charge in [0.25, 0.3) is 11.8 Å². The molecule has 0 aliphatic heterocycles. The zero-order valence-corrected chi connectivity index (χ0v) is 15.1. The number of nitrogens with zero attached hydrogens (tertiary/aromatic N) is 2. The van der Waals surface area contributed by atoms with Gasteiger partial charge in [0, 0.05) is 6.07 Å². The third-order valence-corrected chi connectivity index (χ3v) is 3.44. The molecule has 2 aromatic carbocycles. The number of carbonyl (C=O) groups excluding carboxylic acids is 2. The van der Waals surface area contributed by atoms with Gasteiger partial charge in [-0.1, -0.05) is 23.7 Å². The Morgan fingerprint density at radius 2 is 1.89 bits per heavy atom. The number of carbonyl (C=O) groups is 2. The monoisotopic (exact) mass is 406 g/mol. The summed E-state index contributed by atoms with van der Waals surface area (Å²) in [6.45, 7) is -0.758. The molecule has 10 nitrogen and oxygen atoms in total. The number of ether oxygens (including phenoxy) is 2. The molecular weight excluding hydrogens is 392 g/mol. The van der Waals surface area contributed by atoms with Gasteiger partial charge in [0.2, 0.25) is 0 Å². The van der Waals surface area contributed by atoms with E-state index in [2.05, 4.69) is 10.5 Å². The van der Waals surface area contributed by atoms with Crippen molar-refractivity contribution >= 4 is 35.3 Å². The number of nitro benzene ring substituents is 1. The number of nitrogens with two attached hydrogens (primary N) is 1. The van der Waals surface area contributed by atoms with E-state index in [9.17, 15) is 19.7 Å². The van der Waals surface area contributed by atoms with Crippen LogP contribution in [0, 0.1) is 10.1 Å². The maximum Gasteiger partial charge on any atom is 0.310 e. The Morgan fingerprint density at radius 1 is 1.18 bits per heavy atom. The van der Waals surface area contributed by atoms with Crippen LogP contribution in [0.5, 0.6) is 11.5 Å². The minimum absolute atomic E-state index is 0.0232. The van der Waals surface area contributed by atoms with E-state index in [1.807, 2.05) is 0 Å². The van der Waals surface area contributed by atoms with Gasteiger partial charge in [0.05, 0.1) is 16.2 Å². The molecule has 0 aromatic heterocycles. The summed E-state index contributed by atoms with van der Waals surface area (Å²) in [5.41, 5.74) is 7.52. The summed E-state index contributed by atoms with van der Waals surface area (Å²) in [6, 6.07) is 10.3. The maximum absolute atomic E-state index is 11.7. The van der Waals surface area contributed by atoms with Crippen LogP contribution in [-0.4, -0.2) is 36.2 Å². The van der Waals surface area contributed by atoms with E-state index in [1.54, 1.807) is 12.1 Å². The average Bonchev–Trinajstić information content (AvgIpc) is 2.65. The summed E-state index contributed by atoms with van der Waals surface area (Å²) in [6.07, 6.45) is 1.33. The molecule has 0 aliphatic carbocycles. The second kappa shape index (κ2) is 9.88. The van der Waals surface area contributed by atoms with Crippen LogP contribution in [0.2, 0.25) is 5.02 Å². The first-order valence-electron chi connectivity index (χ1n) is 7.75. The fourth-order valence-electron chi connectivity index (χ4n) is 1.95. The normalized spacial score (nSPS) is 10.5. The predicted molar refractivity (Wildman–Crippen MR) is 100 cm³/mol. The van der Waals surface area contributed by atoms with E-state index in [-0.39, 0.29) is 28.8 Å². The fourth-order valence-corrected chi connectivity index (χ4v) is 2.19.